The molecule has 0 aromatic heterocycles. The third kappa shape index (κ3) is 5.27. The fourth-order valence-electron chi connectivity index (χ4n) is 3.13. The maximum atomic E-state index is 3.66. The molecule has 1 fully saturated rings. The molecule has 2 heteroatoms. The van der Waals surface area contributed by atoms with Crippen molar-refractivity contribution >= 4 is 0 Å². The summed E-state index contributed by atoms with van der Waals surface area (Å²) in [6.45, 7) is 19.0. The van der Waals surface area contributed by atoms with Crippen LogP contribution >= 0.6 is 0 Å². The van der Waals surface area contributed by atoms with E-state index in [4.69, 9.17) is 0 Å². The number of hydrogen-bond donors (Lipinski definition) is 1. The van der Waals surface area contributed by atoms with E-state index in [1.165, 1.54) is 38.9 Å². The van der Waals surface area contributed by atoms with Crippen molar-refractivity contribution in [3.8, 4) is 0 Å². The minimum absolute atomic E-state index is 0.362. The summed E-state index contributed by atoms with van der Waals surface area (Å²) in [5.74, 6) is 0. The van der Waals surface area contributed by atoms with E-state index < -0.39 is 0 Å². The molecule has 1 aliphatic heterocycles. The lowest BCUT2D eigenvalue weighted by Gasteiger charge is -2.40. The molecular formula is C16H34N2. The summed E-state index contributed by atoms with van der Waals surface area (Å²) >= 11 is 0. The second kappa shape index (κ2) is 6.38. The molecule has 0 amide bonds. The zero-order valence-corrected chi connectivity index (χ0v) is 13.5. The van der Waals surface area contributed by atoms with Crippen molar-refractivity contribution in [1.82, 2.24) is 10.2 Å². The largest absolute Gasteiger partial charge is 0.314 e. The lowest BCUT2D eigenvalue weighted by Crippen LogP contribution is -2.45. The maximum Gasteiger partial charge on any atom is 0.0128 e. The highest BCUT2D eigenvalue weighted by molar-refractivity contribution is 4.84. The van der Waals surface area contributed by atoms with E-state index >= 15 is 0 Å². The number of nitrogens with one attached hydrogen (secondary N) is 1. The van der Waals surface area contributed by atoms with Crippen LogP contribution in [0.1, 0.15) is 60.8 Å². The number of nitrogens with zero attached hydrogens (tertiary/aromatic N) is 1. The average molecular weight is 254 g/mol. The molecule has 0 bridgehead atoms. The van der Waals surface area contributed by atoms with Gasteiger partial charge in [-0.15, -0.1) is 0 Å². The first-order valence-electron chi connectivity index (χ1n) is 7.70. The Kier molecular flexibility index (Phi) is 5.67. The summed E-state index contributed by atoms with van der Waals surface area (Å²) in [4.78, 5) is 2.67. The molecule has 0 radical (unpaired) electrons. The summed E-state index contributed by atoms with van der Waals surface area (Å²) in [7, 11) is 0. The predicted molar refractivity (Wildman–Crippen MR) is 81.0 cm³/mol. The molecule has 0 aromatic rings. The smallest absolute Gasteiger partial charge is 0.0128 e. The van der Waals surface area contributed by atoms with Gasteiger partial charge >= 0.3 is 0 Å². The van der Waals surface area contributed by atoms with Crippen LogP contribution in [-0.2, 0) is 0 Å². The number of rotatable bonds is 5. The van der Waals surface area contributed by atoms with Crippen LogP contribution < -0.4 is 5.32 Å². The first-order chi connectivity index (χ1) is 8.24. The minimum Gasteiger partial charge on any atom is -0.314 e. The topological polar surface area (TPSA) is 15.3 Å². The molecule has 0 saturated carbocycles. The van der Waals surface area contributed by atoms with E-state index in [0.29, 0.717) is 16.9 Å². The average Bonchev–Trinajstić information content (AvgIpc) is 2.21. The SMILES string of the molecule is CCNC(CCN1CCCC(C)(C)C1)C(C)(C)C. The Balaban J connectivity index is 2.42. The van der Waals surface area contributed by atoms with Gasteiger partial charge < -0.3 is 10.2 Å². The molecule has 1 N–H and O–H groups in total. The molecule has 1 aliphatic rings. The van der Waals surface area contributed by atoms with Gasteiger partial charge in [-0.2, -0.15) is 0 Å². The summed E-state index contributed by atoms with van der Waals surface area (Å²) in [6, 6.07) is 0.632. The summed E-state index contributed by atoms with van der Waals surface area (Å²) in [5, 5.41) is 3.66. The van der Waals surface area contributed by atoms with Crippen molar-refractivity contribution in [3.63, 3.8) is 0 Å². The van der Waals surface area contributed by atoms with E-state index in [1.807, 2.05) is 0 Å². The normalized spacial score (nSPS) is 23.0. The molecule has 18 heavy (non-hydrogen) atoms. The molecule has 1 rings (SSSR count). The zero-order chi connectivity index (χ0) is 13.8. The van der Waals surface area contributed by atoms with Gasteiger partial charge in [0.15, 0.2) is 0 Å². The Hall–Kier alpha value is -0.0800. The molecule has 1 saturated heterocycles. The molecule has 2 nitrogen and oxygen atoms in total. The Labute approximate surface area is 115 Å². The first-order valence-corrected chi connectivity index (χ1v) is 7.70. The standard InChI is InChI=1S/C16H34N2/c1-7-17-14(15(2,3)4)9-12-18-11-8-10-16(5,6)13-18/h14,17H,7-13H2,1-6H3. The second-order valence-electron chi connectivity index (χ2n) is 7.81. The van der Waals surface area contributed by atoms with Crippen LogP contribution in [0, 0.1) is 10.8 Å². The molecule has 108 valence electrons. The first kappa shape index (κ1) is 16.0. The summed E-state index contributed by atoms with van der Waals surface area (Å²) in [5.41, 5.74) is 0.884. The van der Waals surface area contributed by atoms with Gasteiger partial charge in [0.05, 0.1) is 0 Å². The van der Waals surface area contributed by atoms with E-state index in [9.17, 15) is 0 Å². The van der Waals surface area contributed by atoms with Gasteiger partial charge in [0.2, 0.25) is 0 Å². The molecule has 1 unspecified atom stereocenters. The fraction of sp³-hybridized carbons (Fsp3) is 1.00. The van der Waals surface area contributed by atoms with Gasteiger partial charge in [-0.05, 0) is 49.7 Å². The van der Waals surface area contributed by atoms with E-state index in [1.54, 1.807) is 0 Å². The lowest BCUT2D eigenvalue weighted by atomic mass is 9.82. The van der Waals surface area contributed by atoms with Gasteiger partial charge in [-0.25, -0.2) is 0 Å². The van der Waals surface area contributed by atoms with Gasteiger partial charge in [0.25, 0.3) is 0 Å². The van der Waals surface area contributed by atoms with Crippen LogP contribution in [0.15, 0.2) is 0 Å². The Morgan fingerprint density at radius 1 is 1.28 bits per heavy atom. The molecule has 1 atom stereocenters. The summed E-state index contributed by atoms with van der Waals surface area (Å²) in [6.07, 6.45) is 4.03. The van der Waals surface area contributed by atoms with Gasteiger partial charge in [0, 0.05) is 12.6 Å². The van der Waals surface area contributed by atoms with Crippen molar-refractivity contribution in [1.29, 1.82) is 0 Å². The van der Waals surface area contributed by atoms with Crippen LogP contribution in [0.25, 0.3) is 0 Å². The predicted octanol–water partition coefficient (Wildman–Crippen LogP) is 3.52. The van der Waals surface area contributed by atoms with Crippen LogP contribution in [0.2, 0.25) is 0 Å². The van der Waals surface area contributed by atoms with E-state index in [2.05, 4.69) is 51.8 Å². The number of piperidine rings is 1. The van der Waals surface area contributed by atoms with Crippen LogP contribution in [-0.4, -0.2) is 37.1 Å². The monoisotopic (exact) mass is 254 g/mol. The molecule has 0 aromatic carbocycles. The third-order valence-electron chi connectivity index (χ3n) is 4.21. The fourth-order valence-corrected chi connectivity index (χ4v) is 3.13. The Morgan fingerprint density at radius 2 is 1.94 bits per heavy atom. The van der Waals surface area contributed by atoms with Crippen LogP contribution in [0.4, 0.5) is 0 Å². The van der Waals surface area contributed by atoms with Crippen molar-refractivity contribution < 1.29 is 0 Å². The second-order valence-corrected chi connectivity index (χ2v) is 7.81. The quantitative estimate of drug-likeness (QED) is 0.807. The highest BCUT2D eigenvalue weighted by Crippen LogP contribution is 2.29. The summed E-state index contributed by atoms with van der Waals surface area (Å²) < 4.78 is 0. The third-order valence-corrected chi connectivity index (χ3v) is 4.21. The lowest BCUT2D eigenvalue weighted by molar-refractivity contribution is 0.106. The molecule has 0 aliphatic carbocycles. The van der Waals surface area contributed by atoms with Crippen LogP contribution in [0.5, 0.6) is 0 Å². The maximum absolute atomic E-state index is 3.66. The molecular weight excluding hydrogens is 220 g/mol. The highest BCUT2D eigenvalue weighted by Gasteiger charge is 2.28. The minimum atomic E-state index is 0.362. The van der Waals surface area contributed by atoms with Gasteiger partial charge in [0.1, 0.15) is 0 Å². The number of hydrogen-bond acceptors (Lipinski definition) is 2. The highest BCUT2D eigenvalue weighted by atomic mass is 15.1. The molecule has 0 spiro atoms. The Bertz CT molecular complexity index is 240. The van der Waals surface area contributed by atoms with E-state index in [-0.39, 0.29) is 0 Å². The molecule has 1 heterocycles. The van der Waals surface area contributed by atoms with Crippen molar-refractivity contribution in [3.05, 3.63) is 0 Å². The Morgan fingerprint density at radius 3 is 2.44 bits per heavy atom. The number of likely N-dealkylation sites (tertiary alicyclic amines) is 1. The van der Waals surface area contributed by atoms with Gasteiger partial charge in [-0.1, -0.05) is 41.5 Å². The van der Waals surface area contributed by atoms with Crippen molar-refractivity contribution in [2.24, 2.45) is 10.8 Å². The van der Waals surface area contributed by atoms with Crippen molar-refractivity contribution in [2.45, 2.75) is 66.8 Å². The van der Waals surface area contributed by atoms with Gasteiger partial charge in [-0.3, -0.25) is 0 Å². The van der Waals surface area contributed by atoms with Crippen LogP contribution in [0.3, 0.4) is 0 Å². The zero-order valence-electron chi connectivity index (χ0n) is 13.5. The van der Waals surface area contributed by atoms with Crippen molar-refractivity contribution in [2.75, 3.05) is 26.2 Å². The van der Waals surface area contributed by atoms with E-state index in [0.717, 1.165) is 6.54 Å².